The topological polar surface area (TPSA) is 313 Å². The van der Waals surface area contributed by atoms with Crippen LogP contribution in [-0.4, -0.2) is 117 Å². The van der Waals surface area contributed by atoms with Gasteiger partial charge in [0.15, 0.2) is 0 Å². The van der Waals surface area contributed by atoms with E-state index in [1.165, 1.54) is 24.7 Å². The molecule has 0 aliphatic rings. The lowest BCUT2D eigenvalue weighted by molar-refractivity contribution is -0.137. The Morgan fingerprint density at radius 1 is 0.714 bits per heavy atom. The minimum Gasteiger partial charge on any atom is -0.508 e. The molecule has 1 aromatic heterocycles. The van der Waals surface area contributed by atoms with Gasteiger partial charge in [-0.15, -0.1) is 0 Å². The lowest BCUT2D eigenvalue weighted by Crippen LogP contribution is -2.62. The van der Waals surface area contributed by atoms with Crippen molar-refractivity contribution < 1.29 is 43.8 Å². The maximum atomic E-state index is 14.0. The molecule has 0 radical (unpaired) electrons. The van der Waals surface area contributed by atoms with Gasteiger partial charge in [0.05, 0.1) is 25.0 Å². The van der Waals surface area contributed by atoms with E-state index in [9.17, 15) is 43.8 Å². The lowest BCUT2D eigenvalue weighted by atomic mass is 9.95. The Bertz CT molecular complexity index is 1910. The zero-order valence-corrected chi connectivity index (χ0v) is 36.3. The van der Waals surface area contributed by atoms with Crippen molar-refractivity contribution in [1.82, 2.24) is 41.9 Å². The second kappa shape index (κ2) is 26.3. The van der Waals surface area contributed by atoms with E-state index in [-0.39, 0.29) is 25.0 Å². The summed E-state index contributed by atoms with van der Waals surface area (Å²) in [5.74, 6) is -5.34. The number of phenols is 1. The third kappa shape index (κ3) is 16.9. The molecule has 19 heteroatoms. The number of aldehydes is 1. The molecule has 0 aliphatic heterocycles. The van der Waals surface area contributed by atoms with E-state index in [1.54, 1.807) is 57.2 Å². The van der Waals surface area contributed by atoms with Crippen LogP contribution in [0.2, 0.25) is 0 Å². The molecule has 19 nitrogen and oxygen atoms in total. The Morgan fingerprint density at radius 3 is 1.87 bits per heavy atom. The largest absolute Gasteiger partial charge is 0.508 e. The van der Waals surface area contributed by atoms with Gasteiger partial charge in [-0.3, -0.25) is 28.8 Å². The van der Waals surface area contributed by atoms with Crippen LogP contribution in [0, 0.1) is 11.8 Å². The summed E-state index contributed by atoms with van der Waals surface area (Å²) in [4.78, 5) is 101. The van der Waals surface area contributed by atoms with Gasteiger partial charge in [0.2, 0.25) is 35.4 Å². The van der Waals surface area contributed by atoms with E-state index in [0.717, 1.165) is 5.56 Å². The normalized spacial score (nSPS) is 15.0. The van der Waals surface area contributed by atoms with Crippen molar-refractivity contribution >= 4 is 41.7 Å². The van der Waals surface area contributed by atoms with Gasteiger partial charge >= 0.3 is 0 Å². The fourth-order valence-corrected chi connectivity index (χ4v) is 6.57. The van der Waals surface area contributed by atoms with Crippen molar-refractivity contribution in [1.29, 1.82) is 0 Å². The molecule has 3 rings (SSSR count). The number of carbonyl (C=O) groups is 7. The van der Waals surface area contributed by atoms with Crippen molar-refractivity contribution in [2.75, 3.05) is 13.2 Å². The van der Waals surface area contributed by atoms with Gasteiger partial charge < -0.3 is 63.4 Å². The van der Waals surface area contributed by atoms with Crippen molar-refractivity contribution in [3.05, 3.63) is 83.9 Å². The second-order valence-corrected chi connectivity index (χ2v) is 16.0. The van der Waals surface area contributed by atoms with Gasteiger partial charge in [-0.1, -0.05) is 83.0 Å². The SMILES string of the molecule is CC[C@H](C)[C@H](NC(=O)[C@H](Cc1ccccc1)NC(=O)[C@@H](N)CCCCN)C(=O)N[C@H](C(=O)N[C@@H](CO)C(=O)N[C@@H](Cc1cnc[nH]1)C(=O)N[C@H](C=O)Cc1ccc(O)cc1)C(C)C. The quantitative estimate of drug-likeness (QED) is 0.0338. The number of hydrogen-bond acceptors (Lipinski definition) is 12. The highest BCUT2D eigenvalue weighted by Gasteiger charge is 2.36. The number of benzene rings is 2. The summed E-state index contributed by atoms with van der Waals surface area (Å²) in [7, 11) is 0. The van der Waals surface area contributed by atoms with Crippen molar-refractivity contribution in [2.24, 2.45) is 23.3 Å². The highest BCUT2D eigenvalue weighted by atomic mass is 16.3. The molecule has 8 atom stereocenters. The first-order valence-electron chi connectivity index (χ1n) is 21.2. The number of H-pyrrole nitrogens is 1. The maximum Gasteiger partial charge on any atom is 0.245 e. The summed E-state index contributed by atoms with van der Waals surface area (Å²) >= 11 is 0. The molecule has 344 valence electrons. The van der Waals surface area contributed by atoms with E-state index in [0.29, 0.717) is 49.8 Å². The Hall–Kier alpha value is -6.18. The Kier molecular flexibility index (Phi) is 21.4. The smallest absolute Gasteiger partial charge is 0.245 e. The van der Waals surface area contributed by atoms with Gasteiger partial charge in [-0.05, 0) is 60.9 Å². The summed E-state index contributed by atoms with van der Waals surface area (Å²) in [6.45, 7) is 6.45. The van der Waals surface area contributed by atoms with Gasteiger partial charge in [-0.2, -0.15) is 0 Å². The maximum absolute atomic E-state index is 14.0. The molecule has 3 aromatic rings. The minimum absolute atomic E-state index is 0.0301. The molecule has 1 heterocycles. The molecule has 0 unspecified atom stereocenters. The van der Waals surface area contributed by atoms with Crippen molar-refractivity contribution in [3.8, 4) is 5.75 Å². The molecular weight excluding hydrogens is 813 g/mol. The average molecular weight is 877 g/mol. The number of aromatic amines is 1. The first-order chi connectivity index (χ1) is 30.1. The van der Waals surface area contributed by atoms with E-state index < -0.39 is 96.2 Å². The number of carbonyl (C=O) groups excluding carboxylic acids is 7. The molecule has 13 N–H and O–H groups in total. The summed E-state index contributed by atoms with van der Waals surface area (Å²) < 4.78 is 0. The summed E-state index contributed by atoms with van der Waals surface area (Å²) in [6, 6.07) is 6.81. The first kappa shape index (κ1) is 51.2. The second-order valence-electron chi connectivity index (χ2n) is 16.0. The zero-order chi connectivity index (χ0) is 46.5. The van der Waals surface area contributed by atoms with E-state index >= 15 is 0 Å². The number of nitrogens with one attached hydrogen (secondary N) is 7. The van der Waals surface area contributed by atoms with Crippen LogP contribution < -0.4 is 43.4 Å². The van der Waals surface area contributed by atoms with Crippen LogP contribution in [-0.2, 0) is 52.8 Å². The van der Waals surface area contributed by atoms with Crippen LogP contribution >= 0.6 is 0 Å². The van der Waals surface area contributed by atoms with E-state index in [1.807, 2.05) is 13.0 Å². The minimum atomic E-state index is -1.58. The monoisotopic (exact) mass is 876 g/mol. The number of rotatable bonds is 27. The summed E-state index contributed by atoms with van der Waals surface area (Å²) in [5, 5.41) is 35.7. The molecule has 63 heavy (non-hydrogen) atoms. The standard InChI is InChI=1S/C44H64N10O9/c1-5-27(4)38(54-41(60)34(20-28-11-7-6-8-12-28)50-39(58)33(46)13-9-10-18-45)44(63)53-37(26(2)3)43(62)52-36(24-56)42(61)51-35(21-30-22-47-25-48-30)40(59)49-31(23-55)19-29-14-16-32(57)17-15-29/h6-8,11-12,14-17,22-23,25-27,31,33-38,56-57H,5,9-10,13,18-21,24,45-46H2,1-4H3,(H,47,48)(H,49,59)(H,50,58)(H,51,61)(H,52,62)(H,53,63)(H,54,60)/t27-,31-,33-,34-,35-,36-,37-,38-/m0/s1. The molecular formula is C44H64N10O9. The van der Waals surface area contributed by atoms with Crippen LogP contribution in [0.5, 0.6) is 5.75 Å². The van der Waals surface area contributed by atoms with E-state index in [4.69, 9.17) is 11.5 Å². The summed E-state index contributed by atoms with van der Waals surface area (Å²) in [6.07, 6.45) is 5.58. The number of aromatic hydroxyl groups is 1. The summed E-state index contributed by atoms with van der Waals surface area (Å²) in [5.41, 5.74) is 13.6. The molecule has 0 spiro atoms. The molecule has 0 saturated heterocycles. The highest BCUT2D eigenvalue weighted by molar-refractivity contribution is 5.97. The number of aromatic nitrogens is 2. The Balaban J connectivity index is 1.76. The van der Waals surface area contributed by atoms with Crippen LogP contribution in [0.3, 0.4) is 0 Å². The van der Waals surface area contributed by atoms with Crippen LogP contribution in [0.25, 0.3) is 0 Å². The Morgan fingerprint density at radius 2 is 1.29 bits per heavy atom. The van der Waals surface area contributed by atoms with Crippen LogP contribution in [0.1, 0.15) is 70.2 Å². The number of unbranched alkanes of at least 4 members (excludes halogenated alkanes) is 1. The van der Waals surface area contributed by atoms with Gasteiger partial charge in [0.25, 0.3) is 0 Å². The fourth-order valence-electron chi connectivity index (χ4n) is 6.57. The third-order valence-corrected chi connectivity index (χ3v) is 10.6. The number of aliphatic hydroxyl groups excluding tert-OH is 1. The van der Waals surface area contributed by atoms with Crippen LogP contribution in [0.15, 0.2) is 67.1 Å². The number of amides is 6. The van der Waals surface area contributed by atoms with Crippen molar-refractivity contribution in [2.45, 2.75) is 115 Å². The number of imidazole rings is 1. The van der Waals surface area contributed by atoms with Gasteiger partial charge in [0, 0.05) is 24.7 Å². The first-order valence-corrected chi connectivity index (χ1v) is 21.2. The van der Waals surface area contributed by atoms with Crippen molar-refractivity contribution in [3.63, 3.8) is 0 Å². The molecule has 6 amide bonds. The fraction of sp³-hybridized carbons (Fsp3) is 0.500. The predicted molar refractivity (Wildman–Crippen MR) is 234 cm³/mol. The lowest BCUT2D eigenvalue weighted by Gasteiger charge is -2.30. The molecule has 0 saturated carbocycles. The number of hydrogen-bond donors (Lipinski definition) is 11. The molecule has 2 aromatic carbocycles. The Labute approximate surface area is 367 Å². The van der Waals surface area contributed by atoms with Crippen LogP contribution in [0.4, 0.5) is 0 Å². The molecule has 0 bridgehead atoms. The zero-order valence-electron chi connectivity index (χ0n) is 36.3. The number of phenolic OH excluding ortho intramolecular Hbond substituents is 1. The van der Waals surface area contributed by atoms with Gasteiger partial charge in [-0.25, -0.2) is 4.98 Å². The highest BCUT2D eigenvalue weighted by Crippen LogP contribution is 2.14. The number of nitrogens with zero attached hydrogens (tertiary/aromatic N) is 1. The van der Waals surface area contributed by atoms with Gasteiger partial charge in [0.1, 0.15) is 42.2 Å². The predicted octanol–water partition coefficient (Wildman–Crippen LogP) is -0.598. The molecule has 0 fully saturated rings. The van der Waals surface area contributed by atoms with E-state index in [2.05, 4.69) is 41.9 Å². The number of aliphatic hydroxyl groups is 1. The number of nitrogens with two attached hydrogens (primary N) is 2. The average Bonchev–Trinajstić information content (AvgIpc) is 3.79. The molecule has 0 aliphatic carbocycles. The third-order valence-electron chi connectivity index (χ3n) is 10.6.